The summed E-state index contributed by atoms with van der Waals surface area (Å²) in [6.07, 6.45) is 0. The maximum Gasteiger partial charge on any atom is 0.234 e. The minimum absolute atomic E-state index is 0.0209. The van der Waals surface area contributed by atoms with Crippen LogP contribution in [0.2, 0.25) is 0 Å². The number of carbonyl (C=O) groups excluding carboxylic acids is 1. The smallest absolute Gasteiger partial charge is 0.234 e. The van der Waals surface area contributed by atoms with Crippen LogP contribution < -0.4 is 10.1 Å². The van der Waals surface area contributed by atoms with Crippen molar-refractivity contribution in [1.29, 1.82) is 0 Å². The number of nitrogens with zero attached hydrogens (tertiary/aromatic N) is 1. The Bertz CT molecular complexity index is 447. The average molecular weight is 280 g/mol. The van der Waals surface area contributed by atoms with Crippen LogP contribution >= 0.6 is 0 Å². The van der Waals surface area contributed by atoms with Crippen LogP contribution in [0.1, 0.15) is 26.3 Å². The van der Waals surface area contributed by atoms with E-state index in [1.165, 1.54) is 7.11 Å². The van der Waals surface area contributed by atoms with Gasteiger partial charge in [0.15, 0.2) is 11.5 Å². The molecule has 0 saturated heterocycles. The van der Waals surface area contributed by atoms with Crippen molar-refractivity contribution in [3.8, 4) is 11.5 Å². The number of carbonyl (C=O) groups is 1. The SMILES string of the molecule is CCN(CC(=O)NC(C)C)Cc1ccc(O)c(OC)c1. The first-order chi connectivity index (χ1) is 9.46. The molecule has 0 aliphatic heterocycles. The summed E-state index contributed by atoms with van der Waals surface area (Å²) >= 11 is 0. The van der Waals surface area contributed by atoms with E-state index in [0.717, 1.165) is 12.1 Å². The molecule has 0 unspecified atom stereocenters. The van der Waals surface area contributed by atoms with E-state index in [-0.39, 0.29) is 17.7 Å². The highest BCUT2D eigenvalue weighted by molar-refractivity contribution is 5.78. The number of rotatable bonds is 7. The molecule has 0 aliphatic carbocycles. The molecule has 0 aliphatic rings. The first-order valence-electron chi connectivity index (χ1n) is 6.83. The third-order valence-electron chi connectivity index (χ3n) is 2.91. The molecule has 0 spiro atoms. The van der Waals surface area contributed by atoms with Gasteiger partial charge in [0.25, 0.3) is 0 Å². The van der Waals surface area contributed by atoms with Gasteiger partial charge in [-0.05, 0) is 38.1 Å². The summed E-state index contributed by atoms with van der Waals surface area (Å²) < 4.78 is 5.09. The van der Waals surface area contributed by atoms with Gasteiger partial charge < -0.3 is 15.2 Å². The van der Waals surface area contributed by atoms with Crippen molar-refractivity contribution >= 4 is 5.91 Å². The number of aromatic hydroxyl groups is 1. The van der Waals surface area contributed by atoms with Crippen LogP contribution in [0.15, 0.2) is 18.2 Å². The summed E-state index contributed by atoms with van der Waals surface area (Å²) in [5, 5.41) is 12.4. The monoisotopic (exact) mass is 280 g/mol. The van der Waals surface area contributed by atoms with Gasteiger partial charge in [0.2, 0.25) is 5.91 Å². The predicted molar refractivity (Wildman–Crippen MR) is 78.9 cm³/mol. The molecule has 0 radical (unpaired) electrons. The molecular formula is C15H24N2O3. The van der Waals surface area contributed by atoms with E-state index in [1.54, 1.807) is 12.1 Å². The molecule has 20 heavy (non-hydrogen) atoms. The molecule has 0 fully saturated rings. The van der Waals surface area contributed by atoms with Crippen molar-refractivity contribution in [2.75, 3.05) is 20.2 Å². The highest BCUT2D eigenvalue weighted by Gasteiger charge is 2.11. The average Bonchev–Trinajstić information content (AvgIpc) is 2.39. The van der Waals surface area contributed by atoms with E-state index >= 15 is 0 Å². The number of phenols is 1. The molecule has 1 rings (SSSR count). The van der Waals surface area contributed by atoms with E-state index in [2.05, 4.69) is 5.32 Å². The molecule has 0 aromatic heterocycles. The Morgan fingerprint density at radius 3 is 2.70 bits per heavy atom. The van der Waals surface area contributed by atoms with Crippen LogP contribution in [-0.4, -0.2) is 42.2 Å². The zero-order chi connectivity index (χ0) is 15.1. The molecule has 0 saturated carbocycles. The first kappa shape index (κ1) is 16.3. The molecule has 5 nitrogen and oxygen atoms in total. The summed E-state index contributed by atoms with van der Waals surface area (Å²) in [5.41, 5.74) is 0.999. The van der Waals surface area contributed by atoms with Crippen LogP contribution in [0.25, 0.3) is 0 Å². The zero-order valence-corrected chi connectivity index (χ0v) is 12.6. The van der Waals surface area contributed by atoms with Gasteiger partial charge in [-0.25, -0.2) is 0 Å². The quantitative estimate of drug-likeness (QED) is 0.799. The Morgan fingerprint density at radius 1 is 1.45 bits per heavy atom. The lowest BCUT2D eigenvalue weighted by atomic mass is 10.2. The second-order valence-corrected chi connectivity index (χ2v) is 5.03. The van der Waals surface area contributed by atoms with Crippen LogP contribution in [0.5, 0.6) is 11.5 Å². The lowest BCUT2D eigenvalue weighted by molar-refractivity contribution is -0.122. The molecule has 1 aromatic rings. The minimum atomic E-state index is 0.0209. The molecule has 2 N–H and O–H groups in total. The maximum atomic E-state index is 11.8. The Hall–Kier alpha value is -1.75. The van der Waals surface area contributed by atoms with Gasteiger partial charge >= 0.3 is 0 Å². The van der Waals surface area contributed by atoms with Gasteiger partial charge in [-0.3, -0.25) is 9.69 Å². The highest BCUT2D eigenvalue weighted by Crippen LogP contribution is 2.26. The number of methoxy groups -OCH3 is 1. The highest BCUT2D eigenvalue weighted by atomic mass is 16.5. The predicted octanol–water partition coefficient (Wildman–Crippen LogP) is 1.75. The molecular weight excluding hydrogens is 256 g/mol. The lowest BCUT2D eigenvalue weighted by Gasteiger charge is -2.21. The third kappa shape index (κ3) is 5.09. The minimum Gasteiger partial charge on any atom is -0.504 e. The summed E-state index contributed by atoms with van der Waals surface area (Å²) in [6, 6.07) is 5.38. The third-order valence-corrected chi connectivity index (χ3v) is 2.91. The van der Waals surface area contributed by atoms with E-state index in [0.29, 0.717) is 18.8 Å². The van der Waals surface area contributed by atoms with Crippen molar-refractivity contribution in [2.24, 2.45) is 0 Å². The van der Waals surface area contributed by atoms with Gasteiger partial charge in [0, 0.05) is 12.6 Å². The second-order valence-electron chi connectivity index (χ2n) is 5.03. The number of phenolic OH excluding ortho intramolecular Hbond substituents is 1. The fraction of sp³-hybridized carbons (Fsp3) is 0.533. The number of nitrogens with one attached hydrogen (secondary N) is 1. The molecule has 1 amide bonds. The van der Waals surface area contributed by atoms with Crippen molar-refractivity contribution < 1.29 is 14.6 Å². The molecule has 0 atom stereocenters. The van der Waals surface area contributed by atoms with E-state index in [1.807, 2.05) is 31.7 Å². The fourth-order valence-corrected chi connectivity index (χ4v) is 1.93. The number of benzene rings is 1. The molecule has 112 valence electrons. The number of hydrogen-bond donors (Lipinski definition) is 2. The standard InChI is InChI=1S/C15H24N2O3/c1-5-17(10-15(19)16-11(2)3)9-12-6-7-13(18)14(8-12)20-4/h6-8,11,18H,5,9-10H2,1-4H3,(H,16,19). The second kappa shape index (κ2) is 7.75. The lowest BCUT2D eigenvalue weighted by Crippen LogP contribution is -2.39. The van der Waals surface area contributed by atoms with Crippen molar-refractivity contribution in [1.82, 2.24) is 10.2 Å². The Balaban J connectivity index is 2.66. The fourth-order valence-electron chi connectivity index (χ4n) is 1.93. The largest absolute Gasteiger partial charge is 0.504 e. The van der Waals surface area contributed by atoms with Crippen LogP contribution in [0, 0.1) is 0 Å². The van der Waals surface area contributed by atoms with Crippen molar-refractivity contribution in [3.05, 3.63) is 23.8 Å². The van der Waals surface area contributed by atoms with Crippen molar-refractivity contribution in [2.45, 2.75) is 33.4 Å². The number of amides is 1. The molecule has 1 aromatic carbocycles. The van der Waals surface area contributed by atoms with Crippen molar-refractivity contribution in [3.63, 3.8) is 0 Å². The van der Waals surface area contributed by atoms with Crippen LogP contribution in [-0.2, 0) is 11.3 Å². The Morgan fingerprint density at radius 2 is 2.15 bits per heavy atom. The van der Waals surface area contributed by atoms with Gasteiger partial charge in [-0.2, -0.15) is 0 Å². The summed E-state index contributed by atoms with van der Waals surface area (Å²) in [6.45, 7) is 7.67. The number of ether oxygens (including phenoxy) is 1. The van der Waals surface area contributed by atoms with E-state index in [9.17, 15) is 9.90 Å². The van der Waals surface area contributed by atoms with Crippen LogP contribution in [0.4, 0.5) is 0 Å². The van der Waals surface area contributed by atoms with Crippen LogP contribution in [0.3, 0.4) is 0 Å². The Labute approximate surface area is 120 Å². The number of hydrogen-bond acceptors (Lipinski definition) is 4. The molecule has 0 bridgehead atoms. The Kier molecular flexibility index (Phi) is 6.31. The maximum absolute atomic E-state index is 11.8. The summed E-state index contributed by atoms with van der Waals surface area (Å²) in [4.78, 5) is 13.8. The van der Waals surface area contributed by atoms with Gasteiger partial charge in [-0.1, -0.05) is 13.0 Å². The van der Waals surface area contributed by atoms with Gasteiger partial charge in [0.05, 0.1) is 13.7 Å². The molecule has 0 heterocycles. The number of likely N-dealkylation sites (N-methyl/N-ethyl adjacent to an activating group) is 1. The zero-order valence-electron chi connectivity index (χ0n) is 12.6. The van der Waals surface area contributed by atoms with E-state index < -0.39 is 0 Å². The van der Waals surface area contributed by atoms with Gasteiger partial charge in [0.1, 0.15) is 0 Å². The normalized spacial score (nSPS) is 10.9. The summed E-state index contributed by atoms with van der Waals surface area (Å²) in [5.74, 6) is 0.592. The summed E-state index contributed by atoms with van der Waals surface area (Å²) in [7, 11) is 1.52. The van der Waals surface area contributed by atoms with Gasteiger partial charge in [-0.15, -0.1) is 0 Å². The first-order valence-corrected chi connectivity index (χ1v) is 6.83. The topological polar surface area (TPSA) is 61.8 Å². The molecule has 5 heteroatoms. The van der Waals surface area contributed by atoms with E-state index in [4.69, 9.17) is 4.74 Å².